The minimum Gasteiger partial charge on any atom is -0.352 e. The third kappa shape index (κ3) is 5.32. The first-order valence-electron chi connectivity index (χ1n) is 13.3. The highest BCUT2D eigenvalue weighted by molar-refractivity contribution is 7.80. The Bertz CT molecular complexity index is 1510. The number of pyridine rings is 1. The number of carbonyl (C=O) groups is 1. The molecule has 0 saturated carbocycles. The predicted molar refractivity (Wildman–Crippen MR) is 161 cm³/mol. The molecule has 1 saturated heterocycles. The van der Waals surface area contributed by atoms with Gasteiger partial charge in [-0.25, -0.2) is 0 Å². The van der Waals surface area contributed by atoms with Gasteiger partial charge in [-0.15, -0.1) is 0 Å². The van der Waals surface area contributed by atoms with E-state index in [2.05, 4.69) is 77.0 Å². The number of benzene rings is 2. The van der Waals surface area contributed by atoms with Crippen molar-refractivity contribution in [3.63, 3.8) is 0 Å². The smallest absolute Gasteiger partial charge is 0.226 e. The van der Waals surface area contributed by atoms with Crippen LogP contribution in [0.3, 0.4) is 0 Å². The summed E-state index contributed by atoms with van der Waals surface area (Å²) >= 11 is 5.85. The first-order chi connectivity index (χ1) is 18.7. The summed E-state index contributed by atoms with van der Waals surface area (Å²) in [6, 6.07) is 22.2. The molecule has 200 valence electrons. The zero-order valence-electron chi connectivity index (χ0n) is 23.2. The number of carbonyl (C=O) groups excluding carboxylic acids is 1. The van der Waals surface area contributed by atoms with Crippen molar-refractivity contribution in [1.82, 2.24) is 19.8 Å². The van der Waals surface area contributed by atoms with E-state index in [-0.39, 0.29) is 18.0 Å². The number of rotatable bonds is 7. The third-order valence-corrected chi connectivity index (χ3v) is 8.07. The number of nitrogens with one attached hydrogen (secondary N) is 2. The van der Waals surface area contributed by atoms with Gasteiger partial charge in [-0.05, 0) is 99.9 Å². The van der Waals surface area contributed by atoms with E-state index >= 15 is 0 Å². The summed E-state index contributed by atoms with van der Waals surface area (Å²) in [6.45, 7) is 11.2. The Morgan fingerprint density at radius 1 is 1.00 bits per heavy atom. The molecule has 2 aromatic carbocycles. The minimum atomic E-state index is -0.133. The fourth-order valence-electron chi connectivity index (χ4n) is 5.50. The lowest BCUT2D eigenvalue weighted by Gasteiger charge is -2.28. The first kappa shape index (κ1) is 26.6. The standard InChI is InChI=1S/C32H35N5OS/c1-20-12-14-25(15-13-20)34-29(38)16-18-36-31(30(35-32(36)39)27-10-6-7-17-33-27)26-19-22(3)37(24(26)5)28-11-8-9-21(2)23(28)4/h6-15,17,19,30-31H,16,18H2,1-5H3,(H,34,38)(H,35,39)/t30-,31-/m0/s1. The van der Waals surface area contributed by atoms with Gasteiger partial charge in [-0.1, -0.05) is 35.9 Å². The number of thiocarbonyl (C=S) groups is 1. The molecule has 1 amide bonds. The Morgan fingerprint density at radius 2 is 1.77 bits per heavy atom. The van der Waals surface area contributed by atoms with Gasteiger partial charge in [0, 0.05) is 41.9 Å². The van der Waals surface area contributed by atoms with E-state index in [0.29, 0.717) is 18.1 Å². The van der Waals surface area contributed by atoms with E-state index in [9.17, 15) is 4.79 Å². The average molecular weight is 538 g/mol. The molecule has 0 spiro atoms. The van der Waals surface area contributed by atoms with Gasteiger partial charge in [0.05, 0.1) is 17.8 Å². The summed E-state index contributed by atoms with van der Waals surface area (Å²) in [5.74, 6) is -0.0393. The lowest BCUT2D eigenvalue weighted by Crippen LogP contribution is -2.32. The molecular formula is C32H35N5OS. The molecule has 0 radical (unpaired) electrons. The van der Waals surface area contributed by atoms with Gasteiger partial charge in [0.2, 0.25) is 5.91 Å². The number of aryl methyl sites for hydroxylation is 3. The number of amides is 1. The van der Waals surface area contributed by atoms with Crippen molar-refractivity contribution in [2.45, 2.75) is 53.1 Å². The zero-order valence-corrected chi connectivity index (χ0v) is 24.0. The van der Waals surface area contributed by atoms with E-state index in [1.807, 2.05) is 55.6 Å². The maximum Gasteiger partial charge on any atom is 0.226 e. The van der Waals surface area contributed by atoms with Crippen LogP contribution in [0.2, 0.25) is 0 Å². The van der Waals surface area contributed by atoms with Crippen LogP contribution in [-0.2, 0) is 4.79 Å². The van der Waals surface area contributed by atoms with E-state index in [0.717, 1.165) is 28.3 Å². The molecule has 7 heteroatoms. The average Bonchev–Trinajstić information content (AvgIpc) is 3.40. The molecular weight excluding hydrogens is 502 g/mol. The van der Waals surface area contributed by atoms with Crippen LogP contribution in [0.1, 0.15) is 57.8 Å². The highest BCUT2D eigenvalue weighted by Gasteiger charge is 2.41. The maximum absolute atomic E-state index is 12.9. The summed E-state index contributed by atoms with van der Waals surface area (Å²) in [6.07, 6.45) is 2.13. The monoisotopic (exact) mass is 537 g/mol. The molecule has 2 aromatic heterocycles. The zero-order chi connectivity index (χ0) is 27.7. The van der Waals surface area contributed by atoms with Crippen LogP contribution >= 0.6 is 12.2 Å². The van der Waals surface area contributed by atoms with Crippen molar-refractivity contribution in [1.29, 1.82) is 0 Å². The Kier molecular flexibility index (Phi) is 7.53. The highest BCUT2D eigenvalue weighted by Crippen LogP contribution is 2.41. The second-order valence-corrected chi connectivity index (χ2v) is 10.8. The molecule has 0 unspecified atom stereocenters. The molecule has 2 atom stereocenters. The van der Waals surface area contributed by atoms with E-state index in [1.165, 1.54) is 22.4 Å². The Balaban J connectivity index is 1.48. The Labute approximate surface area is 236 Å². The number of nitrogens with zero attached hydrogens (tertiary/aromatic N) is 3. The quantitative estimate of drug-likeness (QED) is 0.267. The number of hydrogen-bond donors (Lipinski definition) is 2. The lowest BCUT2D eigenvalue weighted by molar-refractivity contribution is -0.116. The van der Waals surface area contributed by atoms with E-state index < -0.39 is 0 Å². The highest BCUT2D eigenvalue weighted by atomic mass is 32.1. The van der Waals surface area contributed by atoms with Crippen LogP contribution in [0.4, 0.5) is 5.69 Å². The fraction of sp³-hybridized carbons (Fsp3) is 0.281. The van der Waals surface area contributed by atoms with Crippen LogP contribution in [-0.4, -0.2) is 32.0 Å². The second-order valence-electron chi connectivity index (χ2n) is 10.4. The van der Waals surface area contributed by atoms with Gasteiger partial charge < -0.3 is 20.1 Å². The van der Waals surface area contributed by atoms with Crippen molar-refractivity contribution in [2.24, 2.45) is 0 Å². The van der Waals surface area contributed by atoms with E-state index in [4.69, 9.17) is 12.2 Å². The summed E-state index contributed by atoms with van der Waals surface area (Å²) in [5, 5.41) is 7.17. The molecule has 1 fully saturated rings. The Morgan fingerprint density at radius 3 is 2.49 bits per heavy atom. The van der Waals surface area contributed by atoms with E-state index in [1.54, 1.807) is 0 Å². The van der Waals surface area contributed by atoms with Gasteiger partial charge in [-0.2, -0.15) is 0 Å². The molecule has 1 aliphatic rings. The van der Waals surface area contributed by atoms with Crippen molar-refractivity contribution in [2.75, 3.05) is 11.9 Å². The number of anilines is 1. The van der Waals surface area contributed by atoms with Crippen LogP contribution in [0.25, 0.3) is 5.69 Å². The lowest BCUT2D eigenvalue weighted by atomic mass is 9.96. The molecule has 6 nitrogen and oxygen atoms in total. The van der Waals surface area contributed by atoms with Crippen LogP contribution in [0.15, 0.2) is 72.9 Å². The molecule has 0 aliphatic carbocycles. The van der Waals surface area contributed by atoms with Crippen molar-refractivity contribution in [3.05, 3.63) is 112 Å². The van der Waals surface area contributed by atoms with Crippen LogP contribution in [0.5, 0.6) is 0 Å². The first-order valence-corrected chi connectivity index (χ1v) is 13.8. The fourth-order valence-corrected chi connectivity index (χ4v) is 5.83. The van der Waals surface area contributed by atoms with Gasteiger partial charge >= 0.3 is 0 Å². The normalized spacial score (nSPS) is 16.8. The SMILES string of the molecule is Cc1ccc(NC(=O)CCN2C(=S)N[C@@H](c3ccccn3)[C@@H]2c2cc(C)n(-c3cccc(C)c3C)c2C)cc1. The summed E-state index contributed by atoms with van der Waals surface area (Å²) in [7, 11) is 0. The molecule has 2 N–H and O–H groups in total. The molecule has 1 aliphatic heterocycles. The molecule has 39 heavy (non-hydrogen) atoms. The van der Waals surface area contributed by atoms with Crippen LogP contribution < -0.4 is 10.6 Å². The summed E-state index contributed by atoms with van der Waals surface area (Å²) in [5.41, 5.74) is 10.1. The summed E-state index contributed by atoms with van der Waals surface area (Å²) in [4.78, 5) is 19.7. The van der Waals surface area contributed by atoms with Crippen molar-refractivity contribution >= 4 is 28.9 Å². The van der Waals surface area contributed by atoms with Gasteiger partial charge in [0.15, 0.2) is 5.11 Å². The molecule has 0 bridgehead atoms. The van der Waals surface area contributed by atoms with Crippen molar-refractivity contribution < 1.29 is 4.79 Å². The summed E-state index contributed by atoms with van der Waals surface area (Å²) < 4.78 is 2.33. The Hall–Kier alpha value is -3.97. The molecule has 4 aromatic rings. The predicted octanol–water partition coefficient (Wildman–Crippen LogP) is 6.42. The van der Waals surface area contributed by atoms with Crippen LogP contribution in [0, 0.1) is 34.6 Å². The minimum absolute atomic E-state index is 0.0393. The topological polar surface area (TPSA) is 62.2 Å². The maximum atomic E-state index is 12.9. The third-order valence-electron chi connectivity index (χ3n) is 7.72. The van der Waals surface area contributed by atoms with Gasteiger partial charge in [0.25, 0.3) is 0 Å². The molecule has 5 rings (SSSR count). The largest absolute Gasteiger partial charge is 0.352 e. The second kappa shape index (κ2) is 11.0. The number of aromatic nitrogens is 2. The van der Waals surface area contributed by atoms with Gasteiger partial charge in [0.1, 0.15) is 0 Å². The van der Waals surface area contributed by atoms with Crippen molar-refractivity contribution in [3.8, 4) is 5.69 Å². The molecule has 3 heterocycles. The van der Waals surface area contributed by atoms with Gasteiger partial charge in [-0.3, -0.25) is 9.78 Å². The number of hydrogen-bond acceptors (Lipinski definition) is 3.